The molecule has 0 heterocycles. The second-order valence-corrected chi connectivity index (χ2v) is 8.46. The molecule has 4 atom stereocenters. The summed E-state index contributed by atoms with van der Waals surface area (Å²) in [5.41, 5.74) is 6.09. The van der Waals surface area contributed by atoms with Crippen LogP contribution in [0.4, 0.5) is 0 Å². The first kappa shape index (κ1) is 16.3. The van der Waals surface area contributed by atoms with Crippen LogP contribution in [0.15, 0.2) is 22.3 Å². The Morgan fingerprint density at radius 3 is 2.64 bits per heavy atom. The molecule has 0 spiro atoms. The molecule has 0 saturated heterocycles. The third-order valence-corrected chi connectivity index (χ3v) is 6.84. The van der Waals surface area contributed by atoms with Crippen molar-refractivity contribution in [3.63, 3.8) is 0 Å². The lowest BCUT2D eigenvalue weighted by Crippen LogP contribution is -2.33. The predicted molar refractivity (Wildman–Crippen MR) is 90.4 cm³/mol. The fourth-order valence-electron chi connectivity index (χ4n) is 5.34. The monoisotopic (exact) mass is 304 g/mol. The van der Waals surface area contributed by atoms with E-state index in [-0.39, 0.29) is 18.1 Å². The average Bonchev–Trinajstić information content (AvgIpc) is 2.99. The summed E-state index contributed by atoms with van der Waals surface area (Å²) >= 11 is 0. The SMILES string of the molecule is CC(C)C1=C2CC(O)[C@H](C)[C@@H]3CCC(CO)=C3C[C@@]2(C)CC1. The van der Waals surface area contributed by atoms with E-state index in [9.17, 15) is 10.2 Å². The number of hydrogen-bond donors (Lipinski definition) is 2. The largest absolute Gasteiger partial charge is 0.392 e. The molecule has 0 radical (unpaired) electrons. The van der Waals surface area contributed by atoms with Gasteiger partial charge in [-0.2, -0.15) is 0 Å². The van der Waals surface area contributed by atoms with E-state index in [1.807, 2.05) is 0 Å². The van der Waals surface area contributed by atoms with Crippen molar-refractivity contribution in [2.75, 3.05) is 6.61 Å². The van der Waals surface area contributed by atoms with Gasteiger partial charge < -0.3 is 10.2 Å². The quantitative estimate of drug-likeness (QED) is 0.750. The first-order valence-electron chi connectivity index (χ1n) is 9.09. The third kappa shape index (κ3) is 2.49. The molecule has 22 heavy (non-hydrogen) atoms. The molecule has 124 valence electrons. The molecule has 3 aliphatic rings. The Labute approximate surface area is 135 Å². The van der Waals surface area contributed by atoms with Crippen LogP contribution in [0.1, 0.15) is 66.2 Å². The van der Waals surface area contributed by atoms with Crippen molar-refractivity contribution in [2.45, 2.75) is 72.3 Å². The van der Waals surface area contributed by atoms with E-state index in [2.05, 4.69) is 27.7 Å². The third-order valence-electron chi connectivity index (χ3n) is 6.84. The first-order chi connectivity index (χ1) is 10.4. The minimum absolute atomic E-state index is 0.207. The predicted octanol–water partition coefficient (Wildman–Crippen LogP) is 4.23. The molecule has 0 bridgehead atoms. The van der Waals surface area contributed by atoms with Crippen LogP contribution in [0.3, 0.4) is 0 Å². The summed E-state index contributed by atoms with van der Waals surface area (Å²) in [5.74, 6) is 1.38. The van der Waals surface area contributed by atoms with Gasteiger partial charge in [-0.05, 0) is 67.3 Å². The van der Waals surface area contributed by atoms with Crippen LogP contribution in [-0.2, 0) is 0 Å². The molecule has 0 aliphatic heterocycles. The maximum Gasteiger partial charge on any atom is 0.0644 e. The molecule has 0 aromatic rings. The van der Waals surface area contributed by atoms with E-state index in [1.54, 1.807) is 5.57 Å². The number of aliphatic hydroxyl groups excluding tert-OH is 2. The molecule has 1 fully saturated rings. The smallest absolute Gasteiger partial charge is 0.0644 e. The normalized spacial score (nSPS) is 39.1. The molecule has 3 aliphatic carbocycles. The highest BCUT2D eigenvalue weighted by Gasteiger charge is 2.45. The minimum atomic E-state index is -0.237. The molecular weight excluding hydrogens is 272 g/mol. The number of hydrogen-bond acceptors (Lipinski definition) is 2. The summed E-state index contributed by atoms with van der Waals surface area (Å²) in [4.78, 5) is 0. The van der Waals surface area contributed by atoms with E-state index >= 15 is 0 Å². The molecule has 0 amide bonds. The van der Waals surface area contributed by atoms with E-state index in [0.29, 0.717) is 17.8 Å². The number of aliphatic hydroxyl groups is 2. The van der Waals surface area contributed by atoms with Crippen molar-refractivity contribution < 1.29 is 10.2 Å². The molecule has 3 rings (SSSR count). The van der Waals surface area contributed by atoms with Gasteiger partial charge in [-0.15, -0.1) is 0 Å². The highest BCUT2D eigenvalue weighted by Crippen LogP contribution is 2.56. The topological polar surface area (TPSA) is 40.5 Å². The maximum atomic E-state index is 10.8. The Hall–Kier alpha value is -0.600. The van der Waals surface area contributed by atoms with Crippen LogP contribution < -0.4 is 0 Å². The Morgan fingerprint density at radius 2 is 2.00 bits per heavy atom. The van der Waals surface area contributed by atoms with Gasteiger partial charge in [0.25, 0.3) is 0 Å². The number of fused-ring (bicyclic) bond motifs is 2. The van der Waals surface area contributed by atoms with Crippen LogP contribution in [0.2, 0.25) is 0 Å². The first-order valence-corrected chi connectivity index (χ1v) is 9.09. The van der Waals surface area contributed by atoms with Crippen LogP contribution >= 0.6 is 0 Å². The van der Waals surface area contributed by atoms with Crippen molar-refractivity contribution in [3.05, 3.63) is 22.3 Å². The fraction of sp³-hybridized carbons (Fsp3) is 0.800. The van der Waals surface area contributed by atoms with E-state index in [1.165, 1.54) is 29.6 Å². The minimum Gasteiger partial charge on any atom is -0.392 e. The molecule has 1 unspecified atom stereocenters. The molecule has 0 aromatic heterocycles. The van der Waals surface area contributed by atoms with Gasteiger partial charge in [0.1, 0.15) is 0 Å². The Kier molecular flexibility index (Phi) is 4.28. The van der Waals surface area contributed by atoms with Gasteiger partial charge in [0.2, 0.25) is 0 Å². The van der Waals surface area contributed by atoms with Crippen LogP contribution in [0.5, 0.6) is 0 Å². The second-order valence-electron chi connectivity index (χ2n) is 8.46. The van der Waals surface area contributed by atoms with Gasteiger partial charge in [-0.3, -0.25) is 0 Å². The highest BCUT2D eigenvalue weighted by atomic mass is 16.3. The van der Waals surface area contributed by atoms with Gasteiger partial charge in [-0.1, -0.05) is 44.4 Å². The van der Waals surface area contributed by atoms with Crippen molar-refractivity contribution in [3.8, 4) is 0 Å². The summed E-state index contributed by atoms with van der Waals surface area (Å²) in [7, 11) is 0. The van der Waals surface area contributed by atoms with Gasteiger partial charge in [0, 0.05) is 0 Å². The van der Waals surface area contributed by atoms with Crippen molar-refractivity contribution in [1.82, 2.24) is 0 Å². The molecule has 2 N–H and O–H groups in total. The zero-order valence-electron chi connectivity index (χ0n) is 14.7. The highest BCUT2D eigenvalue weighted by molar-refractivity contribution is 5.36. The summed E-state index contributed by atoms with van der Waals surface area (Å²) in [6.07, 6.45) is 6.29. The molecule has 2 nitrogen and oxygen atoms in total. The van der Waals surface area contributed by atoms with Crippen LogP contribution in [-0.4, -0.2) is 22.9 Å². The van der Waals surface area contributed by atoms with Gasteiger partial charge in [0.15, 0.2) is 0 Å². The zero-order chi connectivity index (χ0) is 16.1. The molecule has 1 saturated carbocycles. The van der Waals surface area contributed by atoms with E-state index < -0.39 is 0 Å². The summed E-state index contributed by atoms with van der Waals surface area (Å²) in [5, 5.41) is 20.6. The van der Waals surface area contributed by atoms with Gasteiger partial charge in [-0.25, -0.2) is 0 Å². The average molecular weight is 304 g/mol. The van der Waals surface area contributed by atoms with E-state index in [4.69, 9.17) is 0 Å². The Balaban J connectivity index is 2.06. The van der Waals surface area contributed by atoms with Crippen LogP contribution in [0, 0.1) is 23.2 Å². The van der Waals surface area contributed by atoms with E-state index in [0.717, 1.165) is 25.7 Å². The Morgan fingerprint density at radius 1 is 1.27 bits per heavy atom. The second kappa shape index (κ2) is 5.79. The number of allylic oxidation sites excluding steroid dienone is 2. The van der Waals surface area contributed by atoms with Crippen molar-refractivity contribution in [1.29, 1.82) is 0 Å². The number of rotatable bonds is 2. The molecule has 2 heteroatoms. The lowest BCUT2D eigenvalue weighted by Gasteiger charge is -2.39. The van der Waals surface area contributed by atoms with Crippen LogP contribution in [0.25, 0.3) is 0 Å². The lowest BCUT2D eigenvalue weighted by atomic mass is 9.67. The standard InChI is InChI=1S/C20H32O2/c1-12(2)15-7-8-20(4)10-17-14(11-21)5-6-16(17)13(3)19(22)9-18(15)20/h12-13,16,19,21-22H,5-11H2,1-4H3/t13-,16+,19?,20-/m1/s1. The maximum absolute atomic E-state index is 10.8. The Bertz CT molecular complexity index is 514. The van der Waals surface area contributed by atoms with Gasteiger partial charge >= 0.3 is 0 Å². The summed E-state index contributed by atoms with van der Waals surface area (Å²) in [6.45, 7) is 9.40. The molecule has 0 aromatic carbocycles. The van der Waals surface area contributed by atoms with Gasteiger partial charge in [0.05, 0.1) is 12.7 Å². The lowest BCUT2D eigenvalue weighted by molar-refractivity contribution is 0.0775. The summed E-state index contributed by atoms with van der Waals surface area (Å²) < 4.78 is 0. The van der Waals surface area contributed by atoms with Crippen molar-refractivity contribution in [2.24, 2.45) is 23.2 Å². The fourth-order valence-corrected chi connectivity index (χ4v) is 5.34. The summed E-state index contributed by atoms with van der Waals surface area (Å²) in [6, 6.07) is 0. The zero-order valence-corrected chi connectivity index (χ0v) is 14.7. The molecular formula is C20H32O2. The van der Waals surface area contributed by atoms with Crippen molar-refractivity contribution >= 4 is 0 Å².